The maximum absolute atomic E-state index is 12.0. The van der Waals surface area contributed by atoms with Crippen LogP contribution in [-0.4, -0.2) is 15.2 Å². The first-order valence-corrected chi connectivity index (χ1v) is 7.18. The van der Waals surface area contributed by atoms with Crippen molar-refractivity contribution in [3.63, 3.8) is 0 Å². The van der Waals surface area contributed by atoms with Crippen LogP contribution in [0.4, 0.5) is 0 Å². The summed E-state index contributed by atoms with van der Waals surface area (Å²) < 4.78 is 2.16. The Morgan fingerprint density at radius 3 is 3.00 bits per heavy atom. The SMILES string of the molecule is O=C(c1cn2c3c(sc2n1)CCCC3)C1CC1. The fraction of sp³-hybridized carbons (Fsp3) is 0.538. The highest BCUT2D eigenvalue weighted by atomic mass is 32.1. The minimum atomic E-state index is 0.255. The molecule has 0 unspecified atom stereocenters. The van der Waals surface area contributed by atoms with Gasteiger partial charge in [0.25, 0.3) is 0 Å². The lowest BCUT2D eigenvalue weighted by atomic mass is 10.0. The molecule has 0 bridgehead atoms. The van der Waals surface area contributed by atoms with Gasteiger partial charge in [-0.15, -0.1) is 11.3 Å². The van der Waals surface area contributed by atoms with E-state index in [2.05, 4.69) is 9.38 Å². The van der Waals surface area contributed by atoms with Gasteiger partial charge in [-0.25, -0.2) is 4.98 Å². The van der Waals surface area contributed by atoms with Crippen LogP contribution in [0.3, 0.4) is 0 Å². The highest BCUT2D eigenvalue weighted by molar-refractivity contribution is 7.17. The predicted molar refractivity (Wildman–Crippen MR) is 66.8 cm³/mol. The molecule has 2 aromatic heterocycles. The van der Waals surface area contributed by atoms with E-state index in [9.17, 15) is 4.79 Å². The Balaban J connectivity index is 1.82. The van der Waals surface area contributed by atoms with Gasteiger partial charge < -0.3 is 0 Å². The number of Topliss-reactive ketones (excluding diaryl/α,β-unsaturated/α-hetero) is 1. The monoisotopic (exact) mass is 246 g/mol. The van der Waals surface area contributed by atoms with Gasteiger partial charge in [-0.05, 0) is 38.5 Å². The zero-order valence-corrected chi connectivity index (χ0v) is 10.4. The summed E-state index contributed by atoms with van der Waals surface area (Å²) in [5.41, 5.74) is 2.09. The van der Waals surface area contributed by atoms with Crippen LogP contribution in [0.25, 0.3) is 4.96 Å². The number of fused-ring (bicyclic) bond motifs is 3. The van der Waals surface area contributed by atoms with Crippen molar-refractivity contribution in [1.82, 2.24) is 9.38 Å². The molecular formula is C13H14N2OS. The van der Waals surface area contributed by atoms with E-state index >= 15 is 0 Å². The average Bonchev–Trinajstić information content (AvgIpc) is 3.01. The van der Waals surface area contributed by atoms with Gasteiger partial charge in [0, 0.05) is 22.7 Å². The predicted octanol–water partition coefficient (Wildman–Crippen LogP) is 2.87. The van der Waals surface area contributed by atoms with E-state index in [1.165, 1.54) is 29.8 Å². The molecule has 1 fully saturated rings. The van der Waals surface area contributed by atoms with E-state index in [1.54, 1.807) is 11.3 Å². The first kappa shape index (κ1) is 9.83. The van der Waals surface area contributed by atoms with E-state index in [0.29, 0.717) is 5.69 Å². The lowest BCUT2D eigenvalue weighted by Crippen LogP contribution is -2.03. The third kappa shape index (κ3) is 1.47. The maximum Gasteiger partial charge on any atom is 0.194 e. The van der Waals surface area contributed by atoms with Crippen LogP contribution in [0.5, 0.6) is 0 Å². The lowest BCUT2D eigenvalue weighted by Gasteiger charge is -2.09. The van der Waals surface area contributed by atoms with Crippen LogP contribution in [0.2, 0.25) is 0 Å². The first-order chi connectivity index (χ1) is 8.33. The zero-order chi connectivity index (χ0) is 11.4. The molecule has 0 aromatic carbocycles. The largest absolute Gasteiger partial charge is 0.294 e. The number of hydrogen-bond donors (Lipinski definition) is 0. The number of nitrogens with zero attached hydrogens (tertiary/aromatic N) is 2. The van der Waals surface area contributed by atoms with Crippen molar-refractivity contribution in [2.45, 2.75) is 38.5 Å². The number of rotatable bonds is 2. The second-order valence-electron chi connectivity index (χ2n) is 5.10. The van der Waals surface area contributed by atoms with Crippen LogP contribution in [0.1, 0.15) is 46.7 Å². The summed E-state index contributed by atoms with van der Waals surface area (Å²) in [6.07, 6.45) is 8.98. The van der Waals surface area contributed by atoms with Gasteiger partial charge in [-0.1, -0.05) is 0 Å². The second-order valence-corrected chi connectivity index (χ2v) is 6.16. The summed E-state index contributed by atoms with van der Waals surface area (Å²) in [4.78, 5) is 19.0. The minimum Gasteiger partial charge on any atom is -0.294 e. The maximum atomic E-state index is 12.0. The van der Waals surface area contributed by atoms with Crippen LogP contribution in [-0.2, 0) is 12.8 Å². The van der Waals surface area contributed by atoms with Crippen molar-refractivity contribution in [2.24, 2.45) is 5.92 Å². The molecule has 2 heterocycles. The van der Waals surface area contributed by atoms with Crippen molar-refractivity contribution >= 4 is 22.1 Å². The second kappa shape index (κ2) is 3.42. The molecule has 3 nitrogen and oxygen atoms in total. The summed E-state index contributed by atoms with van der Waals surface area (Å²) in [6.45, 7) is 0. The summed E-state index contributed by atoms with van der Waals surface area (Å²) >= 11 is 1.77. The van der Waals surface area contributed by atoms with Gasteiger partial charge in [0.15, 0.2) is 10.7 Å². The summed E-state index contributed by atoms with van der Waals surface area (Å²) in [5, 5.41) is 0. The molecule has 2 aliphatic rings. The smallest absolute Gasteiger partial charge is 0.194 e. The Morgan fingerprint density at radius 1 is 1.35 bits per heavy atom. The molecule has 88 valence electrons. The molecule has 0 spiro atoms. The molecule has 0 amide bonds. The standard InChI is InChI=1S/C13H14N2OS/c16-12(8-5-6-8)9-7-15-10-3-1-2-4-11(10)17-13(15)14-9/h7-8H,1-6H2. The zero-order valence-electron chi connectivity index (χ0n) is 9.61. The van der Waals surface area contributed by atoms with Gasteiger partial charge in [0.05, 0.1) is 0 Å². The normalized spacial score (nSPS) is 19.5. The Hall–Kier alpha value is -1.16. The molecule has 0 atom stereocenters. The first-order valence-electron chi connectivity index (χ1n) is 6.37. The number of hydrogen-bond acceptors (Lipinski definition) is 3. The number of aryl methyl sites for hydroxylation is 2. The van der Waals surface area contributed by atoms with Crippen molar-refractivity contribution in [2.75, 3.05) is 0 Å². The number of carbonyl (C=O) groups is 1. The Labute approximate surface area is 103 Å². The van der Waals surface area contributed by atoms with Gasteiger partial charge >= 0.3 is 0 Å². The number of imidazole rings is 1. The van der Waals surface area contributed by atoms with Gasteiger partial charge in [-0.2, -0.15) is 0 Å². The van der Waals surface area contributed by atoms with Crippen molar-refractivity contribution in [1.29, 1.82) is 0 Å². The fourth-order valence-corrected chi connectivity index (χ4v) is 3.83. The molecular weight excluding hydrogens is 232 g/mol. The molecule has 2 aromatic rings. The third-order valence-corrected chi connectivity index (χ3v) is 4.93. The number of aromatic nitrogens is 2. The van der Waals surface area contributed by atoms with E-state index in [0.717, 1.165) is 24.2 Å². The van der Waals surface area contributed by atoms with Crippen LogP contribution < -0.4 is 0 Å². The summed E-state index contributed by atoms with van der Waals surface area (Å²) in [5.74, 6) is 0.529. The number of carbonyl (C=O) groups excluding carboxylic acids is 1. The molecule has 4 rings (SSSR count). The van der Waals surface area contributed by atoms with E-state index in [-0.39, 0.29) is 11.7 Å². The van der Waals surface area contributed by atoms with Crippen molar-refractivity contribution in [3.05, 3.63) is 22.5 Å². The molecule has 0 saturated heterocycles. The highest BCUT2D eigenvalue weighted by Crippen LogP contribution is 2.34. The quantitative estimate of drug-likeness (QED) is 0.764. The van der Waals surface area contributed by atoms with Crippen molar-refractivity contribution in [3.8, 4) is 0 Å². The number of thiazole rings is 1. The topological polar surface area (TPSA) is 34.4 Å². The Kier molecular flexibility index (Phi) is 1.98. The van der Waals surface area contributed by atoms with Crippen LogP contribution in [0.15, 0.2) is 6.20 Å². The van der Waals surface area contributed by atoms with Gasteiger partial charge in [0.1, 0.15) is 5.69 Å². The molecule has 2 aliphatic carbocycles. The van der Waals surface area contributed by atoms with E-state index in [1.807, 2.05) is 6.20 Å². The summed E-state index contributed by atoms with van der Waals surface area (Å²) in [6, 6.07) is 0. The van der Waals surface area contributed by atoms with Crippen molar-refractivity contribution < 1.29 is 4.79 Å². The van der Waals surface area contributed by atoms with Gasteiger partial charge in [0.2, 0.25) is 0 Å². The molecule has 17 heavy (non-hydrogen) atoms. The Morgan fingerprint density at radius 2 is 2.18 bits per heavy atom. The van der Waals surface area contributed by atoms with Gasteiger partial charge in [-0.3, -0.25) is 9.20 Å². The molecule has 1 saturated carbocycles. The number of ketones is 1. The average molecular weight is 246 g/mol. The third-order valence-electron chi connectivity index (χ3n) is 3.77. The molecule has 0 aliphatic heterocycles. The molecule has 4 heteroatoms. The minimum absolute atomic E-state index is 0.255. The summed E-state index contributed by atoms with van der Waals surface area (Å²) in [7, 11) is 0. The Bertz CT molecular complexity index is 606. The van der Waals surface area contributed by atoms with Crippen LogP contribution >= 0.6 is 11.3 Å². The van der Waals surface area contributed by atoms with E-state index in [4.69, 9.17) is 0 Å². The molecule has 0 N–H and O–H groups in total. The highest BCUT2D eigenvalue weighted by Gasteiger charge is 2.32. The fourth-order valence-electron chi connectivity index (χ4n) is 2.64. The van der Waals surface area contributed by atoms with Crippen LogP contribution in [0, 0.1) is 5.92 Å². The lowest BCUT2D eigenvalue weighted by molar-refractivity contribution is 0.0963. The van der Waals surface area contributed by atoms with E-state index < -0.39 is 0 Å². The molecule has 0 radical (unpaired) electrons.